The number of carboxylic acid groups (broad SMARTS) is 1. The molecule has 0 aromatic carbocycles. The molecule has 0 bridgehead atoms. The Balaban J connectivity index is 2.53. The van der Waals surface area contributed by atoms with E-state index in [9.17, 15) is 9.59 Å². The van der Waals surface area contributed by atoms with Gasteiger partial charge in [-0.1, -0.05) is 13.8 Å². The van der Waals surface area contributed by atoms with E-state index in [1.807, 2.05) is 13.8 Å². The van der Waals surface area contributed by atoms with Crippen molar-refractivity contribution in [3.63, 3.8) is 0 Å². The summed E-state index contributed by atoms with van der Waals surface area (Å²) in [7, 11) is 0. The summed E-state index contributed by atoms with van der Waals surface area (Å²) < 4.78 is 5.36. The highest BCUT2D eigenvalue weighted by molar-refractivity contribution is 9.10. The molecule has 0 radical (unpaired) electrons. The Kier molecular flexibility index (Phi) is 6.08. The molecule has 2 N–H and O–H groups in total. The van der Waals surface area contributed by atoms with E-state index >= 15 is 0 Å². The lowest BCUT2D eigenvalue weighted by Crippen LogP contribution is -2.31. The number of furan rings is 1. The lowest BCUT2D eigenvalue weighted by Gasteiger charge is -2.17. The topological polar surface area (TPSA) is 79.5 Å². The summed E-state index contributed by atoms with van der Waals surface area (Å²) in [6.07, 6.45) is 2.24. The second-order valence-corrected chi connectivity index (χ2v) is 5.63. The predicted molar refractivity (Wildman–Crippen MR) is 73.9 cm³/mol. The minimum absolute atomic E-state index is 0.0605. The van der Waals surface area contributed by atoms with Crippen LogP contribution in [-0.2, 0) is 4.79 Å². The summed E-state index contributed by atoms with van der Waals surface area (Å²) in [5.41, 5.74) is 0.415. The van der Waals surface area contributed by atoms with Crippen molar-refractivity contribution in [2.45, 2.75) is 26.7 Å². The Morgan fingerprint density at radius 3 is 2.63 bits per heavy atom. The van der Waals surface area contributed by atoms with Crippen LogP contribution < -0.4 is 5.32 Å². The first-order valence-electron chi connectivity index (χ1n) is 6.13. The number of amides is 1. The molecule has 1 unspecified atom stereocenters. The zero-order chi connectivity index (χ0) is 14.4. The molecule has 106 valence electrons. The second-order valence-electron chi connectivity index (χ2n) is 4.91. The number of aliphatic carboxylic acids is 1. The van der Waals surface area contributed by atoms with Gasteiger partial charge in [0.15, 0.2) is 4.67 Å². The first-order valence-corrected chi connectivity index (χ1v) is 6.92. The number of rotatable bonds is 7. The molecule has 0 aliphatic rings. The van der Waals surface area contributed by atoms with Crippen molar-refractivity contribution in [1.29, 1.82) is 0 Å². The van der Waals surface area contributed by atoms with Gasteiger partial charge in [-0.15, -0.1) is 0 Å². The smallest absolute Gasteiger partial charge is 0.303 e. The molecule has 19 heavy (non-hydrogen) atoms. The molecule has 1 aromatic rings. The van der Waals surface area contributed by atoms with Gasteiger partial charge in [-0.3, -0.25) is 9.59 Å². The van der Waals surface area contributed by atoms with Gasteiger partial charge >= 0.3 is 5.97 Å². The van der Waals surface area contributed by atoms with Gasteiger partial charge in [-0.2, -0.15) is 0 Å². The molecule has 1 aromatic heterocycles. The first-order chi connectivity index (χ1) is 8.90. The average molecular weight is 332 g/mol. The lowest BCUT2D eigenvalue weighted by molar-refractivity contribution is -0.138. The number of nitrogens with one attached hydrogen (secondary N) is 1. The van der Waals surface area contributed by atoms with Crippen LogP contribution in [0.2, 0.25) is 0 Å². The van der Waals surface area contributed by atoms with Crippen LogP contribution in [0.1, 0.15) is 37.0 Å². The first kappa shape index (κ1) is 15.8. The zero-order valence-electron chi connectivity index (χ0n) is 11.0. The Bertz CT molecular complexity index is 442. The van der Waals surface area contributed by atoms with Crippen LogP contribution in [0, 0.1) is 11.8 Å². The van der Waals surface area contributed by atoms with Crippen molar-refractivity contribution in [3.8, 4) is 0 Å². The molecule has 0 fully saturated rings. The maximum absolute atomic E-state index is 11.9. The normalized spacial score (nSPS) is 12.4. The molecular weight excluding hydrogens is 314 g/mol. The number of carbonyl (C=O) groups is 2. The second kappa shape index (κ2) is 7.33. The number of hydrogen-bond donors (Lipinski definition) is 2. The van der Waals surface area contributed by atoms with Crippen LogP contribution in [0.5, 0.6) is 0 Å². The Morgan fingerprint density at radius 1 is 1.47 bits per heavy atom. The van der Waals surface area contributed by atoms with Gasteiger partial charge in [-0.05, 0) is 40.3 Å². The van der Waals surface area contributed by atoms with E-state index < -0.39 is 5.97 Å². The molecule has 0 aliphatic heterocycles. The number of halogens is 1. The maximum Gasteiger partial charge on any atom is 0.303 e. The van der Waals surface area contributed by atoms with Crippen LogP contribution >= 0.6 is 15.9 Å². The van der Waals surface area contributed by atoms with Gasteiger partial charge in [0.25, 0.3) is 5.91 Å². The number of carboxylic acids is 1. The van der Waals surface area contributed by atoms with E-state index in [2.05, 4.69) is 21.2 Å². The summed E-state index contributed by atoms with van der Waals surface area (Å²) in [5, 5.41) is 11.6. The molecule has 6 heteroatoms. The molecular formula is C13H18BrNO4. The van der Waals surface area contributed by atoms with Gasteiger partial charge in [0.2, 0.25) is 0 Å². The predicted octanol–water partition coefficient (Wildman–Crippen LogP) is 2.91. The molecule has 0 saturated carbocycles. The Morgan fingerprint density at radius 2 is 2.16 bits per heavy atom. The average Bonchev–Trinajstić information content (AvgIpc) is 2.70. The van der Waals surface area contributed by atoms with E-state index in [0.29, 0.717) is 22.7 Å². The standard InChI is InChI=1S/C13H18BrNO4/c1-8(2)5-9(6-11(16)17)7-15-13(18)10-3-4-19-12(10)14/h3-4,8-9H,5-7H2,1-2H3,(H,15,18)(H,16,17). The van der Waals surface area contributed by atoms with E-state index in [1.165, 1.54) is 6.26 Å². The highest BCUT2D eigenvalue weighted by Crippen LogP contribution is 2.18. The summed E-state index contributed by atoms with van der Waals surface area (Å²) >= 11 is 3.13. The number of hydrogen-bond acceptors (Lipinski definition) is 3. The fourth-order valence-electron chi connectivity index (χ4n) is 1.94. The fourth-order valence-corrected chi connectivity index (χ4v) is 2.36. The van der Waals surface area contributed by atoms with Crippen molar-refractivity contribution in [2.24, 2.45) is 11.8 Å². The Labute approximate surface area is 120 Å². The third-order valence-electron chi connectivity index (χ3n) is 2.68. The van der Waals surface area contributed by atoms with Crippen LogP contribution in [-0.4, -0.2) is 23.5 Å². The number of carbonyl (C=O) groups excluding carboxylic acids is 1. The van der Waals surface area contributed by atoms with E-state index in [1.54, 1.807) is 6.07 Å². The van der Waals surface area contributed by atoms with Crippen molar-refractivity contribution in [2.75, 3.05) is 6.54 Å². The van der Waals surface area contributed by atoms with Crippen molar-refractivity contribution in [3.05, 3.63) is 22.6 Å². The van der Waals surface area contributed by atoms with Gasteiger partial charge < -0.3 is 14.8 Å². The SMILES string of the molecule is CC(C)CC(CNC(=O)c1ccoc1Br)CC(=O)O. The van der Waals surface area contributed by atoms with Crippen molar-refractivity contribution in [1.82, 2.24) is 5.32 Å². The molecule has 1 atom stereocenters. The molecule has 1 amide bonds. The molecule has 5 nitrogen and oxygen atoms in total. The van der Waals surface area contributed by atoms with Gasteiger partial charge in [0.1, 0.15) is 0 Å². The summed E-state index contributed by atoms with van der Waals surface area (Å²) in [5.74, 6) is -0.779. The van der Waals surface area contributed by atoms with Crippen LogP contribution in [0.4, 0.5) is 0 Å². The third-order valence-corrected chi connectivity index (χ3v) is 3.30. The lowest BCUT2D eigenvalue weighted by atomic mass is 9.94. The Hall–Kier alpha value is -1.30. The fraction of sp³-hybridized carbons (Fsp3) is 0.538. The van der Waals surface area contributed by atoms with E-state index in [4.69, 9.17) is 9.52 Å². The molecule has 0 saturated heterocycles. The minimum atomic E-state index is -0.843. The third kappa shape index (κ3) is 5.46. The van der Waals surface area contributed by atoms with Crippen molar-refractivity contribution < 1.29 is 19.1 Å². The van der Waals surface area contributed by atoms with Gasteiger partial charge in [0.05, 0.1) is 11.8 Å². The van der Waals surface area contributed by atoms with E-state index in [-0.39, 0.29) is 18.2 Å². The highest BCUT2D eigenvalue weighted by atomic mass is 79.9. The summed E-state index contributed by atoms with van der Waals surface area (Å²) in [6, 6.07) is 1.56. The van der Waals surface area contributed by atoms with Crippen molar-refractivity contribution >= 4 is 27.8 Å². The quantitative estimate of drug-likeness (QED) is 0.805. The highest BCUT2D eigenvalue weighted by Gasteiger charge is 2.18. The monoisotopic (exact) mass is 331 g/mol. The summed E-state index contributed by atoms with van der Waals surface area (Å²) in [4.78, 5) is 22.6. The maximum atomic E-state index is 11.9. The van der Waals surface area contributed by atoms with Crippen LogP contribution in [0.25, 0.3) is 0 Å². The van der Waals surface area contributed by atoms with Crippen LogP contribution in [0.3, 0.4) is 0 Å². The molecule has 0 aliphatic carbocycles. The molecule has 1 heterocycles. The zero-order valence-corrected chi connectivity index (χ0v) is 12.6. The molecule has 0 spiro atoms. The van der Waals surface area contributed by atoms with E-state index in [0.717, 1.165) is 6.42 Å². The largest absolute Gasteiger partial charge is 0.481 e. The molecule has 1 rings (SSSR count). The van der Waals surface area contributed by atoms with Gasteiger partial charge in [-0.25, -0.2) is 0 Å². The van der Waals surface area contributed by atoms with Crippen LogP contribution in [0.15, 0.2) is 21.4 Å². The summed E-state index contributed by atoms with van der Waals surface area (Å²) in [6.45, 7) is 4.41. The minimum Gasteiger partial charge on any atom is -0.481 e. The van der Waals surface area contributed by atoms with Gasteiger partial charge in [0, 0.05) is 13.0 Å².